The van der Waals surface area contributed by atoms with Crippen LogP contribution in [0.2, 0.25) is 0 Å². The predicted molar refractivity (Wildman–Crippen MR) is 93.6 cm³/mol. The van der Waals surface area contributed by atoms with Crippen LogP contribution in [-0.2, 0) is 6.54 Å². The number of nitrogens with zero attached hydrogens (tertiary/aromatic N) is 3. The molecule has 1 aromatic carbocycles. The molecule has 0 atom stereocenters. The zero-order chi connectivity index (χ0) is 17.6. The van der Waals surface area contributed by atoms with Crippen LogP contribution in [-0.4, -0.2) is 29.6 Å². The quantitative estimate of drug-likeness (QED) is 0.833. The van der Waals surface area contributed by atoms with Gasteiger partial charge in [0, 0.05) is 30.1 Å². The topological polar surface area (TPSA) is 49.1 Å². The Bertz CT molecular complexity index is 764. The molecule has 1 aliphatic heterocycles. The molecule has 0 N–H and O–H groups in total. The molecule has 2 aromatic rings. The highest BCUT2D eigenvalue weighted by atomic mass is 19.1. The number of likely N-dealkylation sites (tertiary alicyclic amines) is 1. The fourth-order valence-corrected chi connectivity index (χ4v) is 3.12. The van der Waals surface area contributed by atoms with Gasteiger partial charge in [-0.3, -0.25) is 9.88 Å². The maximum Gasteiger partial charge on any atom is 0.129 e. The van der Waals surface area contributed by atoms with Gasteiger partial charge in [-0.1, -0.05) is 6.07 Å². The fraction of sp³-hybridized carbons (Fsp3) is 0.400. The van der Waals surface area contributed by atoms with Crippen molar-refractivity contribution in [3.8, 4) is 11.8 Å². The smallest absolute Gasteiger partial charge is 0.129 e. The number of aryl methyl sites for hydroxylation is 1. The Kier molecular flexibility index (Phi) is 5.62. The molecule has 0 amide bonds. The Balaban J connectivity index is 1.46. The summed E-state index contributed by atoms with van der Waals surface area (Å²) >= 11 is 0. The Morgan fingerprint density at radius 1 is 1.28 bits per heavy atom. The second-order valence-electron chi connectivity index (χ2n) is 6.58. The van der Waals surface area contributed by atoms with Crippen LogP contribution >= 0.6 is 0 Å². The molecule has 0 unspecified atom stereocenters. The predicted octanol–water partition coefficient (Wildman–Crippen LogP) is 3.69. The average molecular weight is 339 g/mol. The van der Waals surface area contributed by atoms with Crippen LogP contribution < -0.4 is 4.74 Å². The third-order valence-corrected chi connectivity index (χ3v) is 4.64. The number of rotatable bonds is 5. The first-order valence-corrected chi connectivity index (χ1v) is 8.60. The maximum absolute atomic E-state index is 14.0. The normalized spacial score (nSPS) is 15.7. The van der Waals surface area contributed by atoms with Gasteiger partial charge in [0.15, 0.2) is 0 Å². The van der Waals surface area contributed by atoms with E-state index in [9.17, 15) is 4.39 Å². The number of piperidine rings is 1. The van der Waals surface area contributed by atoms with Crippen LogP contribution in [0.5, 0.6) is 5.75 Å². The minimum Gasteiger partial charge on any atom is -0.493 e. The zero-order valence-electron chi connectivity index (χ0n) is 14.4. The van der Waals surface area contributed by atoms with Crippen LogP contribution in [0.25, 0.3) is 0 Å². The first-order valence-electron chi connectivity index (χ1n) is 8.60. The van der Waals surface area contributed by atoms with Crippen molar-refractivity contribution in [1.82, 2.24) is 9.88 Å². The van der Waals surface area contributed by atoms with E-state index >= 15 is 0 Å². The summed E-state index contributed by atoms with van der Waals surface area (Å²) in [6, 6.07) is 10.5. The number of hydrogen-bond acceptors (Lipinski definition) is 4. The fourth-order valence-electron chi connectivity index (χ4n) is 3.12. The van der Waals surface area contributed by atoms with E-state index in [0.717, 1.165) is 37.4 Å². The molecule has 0 radical (unpaired) electrons. The van der Waals surface area contributed by atoms with Crippen molar-refractivity contribution in [1.29, 1.82) is 5.26 Å². The van der Waals surface area contributed by atoms with Crippen LogP contribution in [0.4, 0.5) is 4.39 Å². The third kappa shape index (κ3) is 4.77. The standard InChI is InChI=1S/C20H22FN3O/c1-15-10-19(4-7-23-15)25-14-16-5-8-24(9-6-16)13-18-3-2-17(12-22)11-20(18)21/h2-4,7,10-11,16H,5-6,8-9,13-14H2,1H3. The molecular formula is C20H22FN3O. The lowest BCUT2D eigenvalue weighted by molar-refractivity contribution is 0.135. The molecule has 0 spiro atoms. The van der Waals surface area contributed by atoms with Crippen molar-refractivity contribution in [2.45, 2.75) is 26.3 Å². The lowest BCUT2D eigenvalue weighted by atomic mass is 9.97. The number of halogens is 1. The molecular weight excluding hydrogens is 317 g/mol. The summed E-state index contributed by atoms with van der Waals surface area (Å²) in [5, 5.41) is 8.81. The SMILES string of the molecule is Cc1cc(OCC2CCN(Cc3ccc(C#N)cc3F)CC2)ccn1. The average Bonchev–Trinajstić information content (AvgIpc) is 2.63. The van der Waals surface area contributed by atoms with E-state index in [2.05, 4.69) is 9.88 Å². The molecule has 4 nitrogen and oxygen atoms in total. The first kappa shape index (κ1) is 17.4. The van der Waals surface area contributed by atoms with Crippen molar-refractivity contribution in [2.75, 3.05) is 19.7 Å². The number of benzene rings is 1. The Morgan fingerprint density at radius 2 is 2.08 bits per heavy atom. The molecule has 0 aliphatic carbocycles. The molecule has 1 aromatic heterocycles. The summed E-state index contributed by atoms with van der Waals surface area (Å²) in [5.74, 6) is 1.10. The highest BCUT2D eigenvalue weighted by Crippen LogP contribution is 2.22. The Morgan fingerprint density at radius 3 is 2.76 bits per heavy atom. The van der Waals surface area contributed by atoms with Crippen LogP contribution in [0, 0.1) is 30.0 Å². The van der Waals surface area contributed by atoms with E-state index in [4.69, 9.17) is 10.00 Å². The minimum absolute atomic E-state index is 0.294. The van der Waals surface area contributed by atoms with Crippen molar-refractivity contribution in [3.05, 3.63) is 59.2 Å². The van der Waals surface area contributed by atoms with Gasteiger partial charge in [0.05, 0.1) is 18.2 Å². The van der Waals surface area contributed by atoms with Crippen LogP contribution in [0.1, 0.15) is 29.7 Å². The van der Waals surface area contributed by atoms with E-state index in [1.165, 1.54) is 6.07 Å². The summed E-state index contributed by atoms with van der Waals surface area (Å²) in [7, 11) is 0. The summed E-state index contributed by atoms with van der Waals surface area (Å²) < 4.78 is 19.9. The number of hydrogen-bond donors (Lipinski definition) is 0. The zero-order valence-corrected chi connectivity index (χ0v) is 14.4. The number of nitriles is 1. The second kappa shape index (κ2) is 8.09. The van der Waals surface area contributed by atoms with Gasteiger partial charge in [-0.25, -0.2) is 4.39 Å². The maximum atomic E-state index is 14.0. The van der Waals surface area contributed by atoms with Gasteiger partial charge in [0.2, 0.25) is 0 Å². The van der Waals surface area contributed by atoms with Gasteiger partial charge in [-0.15, -0.1) is 0 Å². The van der Waals surface area contributed by atoms with E-state index in [0.29, 0.717) is 30.2 Å². The molecule has 0 bridgehead atoms. The number of aromatic nitrogens is 1. The summed E-state index contributed by atoms with van der Waals surface area (Å²) in [5.41, 5.74) is 1.97. The molecule has 1 saturated heterocycles. The molecule has 25 heavy (non-hydrogen) atoms. The molecule has 130 valence electrons. The van der Waals surface area contributed by atoms with E-state index in [1.807, 2.05) is 25.1 Å². The van der Waals surface area contributed by atoms with E-state index < -0.39 is 0 Å². The van der Waals surface area contributed by atoms with Crippen molar-refractivity contribution in [3.63, 3.8) is 0 Å². The van der Waals surface area contributed by atoms with Gasteiger partial charge in [-0.2, -0.15) is 5.26 Å². The van der Waals surface area contributed by atoms with Crippen molar-refractivity contribution < 1.29 is 9.13 Å². The van der Waals surface area contributed by atoms with Crippen LogP contribution in [0.15, 0.2) is 36.5 Å². The molecule has 0 saturated carbocycles. The van der Waals surface area contributed by atoms with Crippen molar-refractivity contribution >= 4 is 0 Å². The Hall–Kier alpha value is -2.45. The monoisotopic (exact) mass is 339 g/mol. The molecule has 5 heteroatoms. The minimum atomic E-state index is -0.294. The van der Waals surface area contributed by atoms with Gasteiger partial charge in [-0.05, 0) is 57.0 Å². The Labute approximate surface area is 147 Å². The lowest BCUT2D eigenvalue weighted by Crippen LogP contribution is -2.35. The van der Waals surface area contributed by atoms with E-state index in [1.54, 1.807) is 18.3 Å². The lowest BCUT2D eigenvalue weighted by Gasteiger charge is -2.32. The summed E-state index contributed by atoms with van der Waals surface area (Å²) in [6.45, 7) is 5.12. The molecule has 3 rings (SSSR count). The molecule has 1 aliphatic rings. The van der Waals surface area contributed by atoms with Gasteiger partial charge < -0.3 is 4.74 Å². The summed E-state index contributed by atoms with van der Waals surface area (Å²) in [4.78, 5) is 6.43. The van der Waals surface area contributed by atoms with Gasteiger partial charge in [0.1, 0.15) is 11.6 Å². The first-order chi connectivity index (χ1) is 12.1. The highest BCUT2D eigenvalue weighted by Gasteiger charge is 2.20. The van der Waals surface area contributed by atoms with Crippen LogP contribution in [0.3, 0.4) is 0 Å². The number of ether oxygens (including phenoxy) is 1. The van der Waals surface area contributed by atoms with E-state index in [-0.39, 0.29) is 5.82 Å². The van der Waals surface area contributed by atoms with Crippen molar-refractivity contribution in [2.24, 2.45) is 5.92 Å². The largest absolute Gasteiger partial charge is 0.493 e. The van der Waals surface area contributed by atoms with Gasteiger partial charge in [0.25, 0.3) is 0 Å². The third-order valence-electron chi connectivity index (χ3n) is 4.64. The number of pyridine rings is 1. The summed E-state index contributed by atoms with van der Waals surface area (Å²) in [6.07, 6.45) is 3.85. The van der Waals surface area contributed by atoms with Gasteiger partial charge >= 0.3 is 0 Å². The molecule has 2 heterocycles. The molecule has 1 fully saturated rings. The second-order valence-corrected chi connectivity index (χ2v) is 6.58. The highest BCUT2D eigenvalue weighted by molar-refractivity contribution is 5.32.